The van der Waals surface area contributed by atoms with E-state index in [-0.39, 0.29) is 0 Å². The first-order valence-electron chi connectivity index (χ1n) is 6.07. The fourth-order valence-corrected chi connectivity index (χ4v) is 3.21. The summed E-state index contributed by atoms with van der Waals surface area (Å²) in [4.78, 5) is 2.70. The molecule has 1 aliphatic heterocycles. The zero-order chi connectivity index (χ0) is 11.7. The highest BCUT2D eigenvalue weighted by Crippen LogP contribution is 2.50. The second kappa shape index (κ2) is 4.66. The topological polar surface area (TPSA) is 18.5 Å². The van der Waals surface area contributed by atoms with Gasteiger partial charge in [-0.2, -0.15) is 0 Å². The number of thiophene rings is 1. The largest absolute Gasteiger partial charge is 0.485 e. The highest BCUT2D eigenvalue weighted by molar-refractivity contribution is 7.13. The molecule has 2 rings (SSSR count). The smallest absolute Gasteiger partial charge is 0.175 e. The summed E-state index contributed by atoms with van der Waals surface area (Å²) in [5, 5.41) is 0. The van der Waals surface area contributed by atoms with Crippen LogP contribution in [0.2, 0.25) is 0 Å². The molecule has 3 heteroatoms. The summed E-state index contributed by atoms with van der Waals surface area (Å²) in [7, 11) is 0. The van der Waals surface area contributed by atoms with Gasteiger partial charge in [0.05, 0.1) is 9.75 Å². The molecule has 0 spiro atoms. The lowest BCUT2D eigenvalue weighted by Crippen LogP contribution is -2.16. The van der Waals surface area contributed by atoms with Gasteiger partial charge in [-0.25, -0.2) is 0 Å². The van der Waals surface area contributed by atoms with E-state index < -0.39 is 0 Å². The molecule has 1 atom stereocenters. The third kappa shape index (κ3) is 1.93. The molecule has 2 nitrogen and oxygen atoms in total. The highest BCUT2D eigenvalue weighted by Gasteiger charge is 2.27. The number of rotatable bonds is 3. The Balaban J connectivity index is 2.46. The van der Waals surface area contributed by atoms with E-state index >= 15 is 0 Å². The molecular formula is C13H20O2S. The van der Waals surface area contributed by atoms with Gasteiger partial charge in [-0.05, 0) is 18.3 Å². The summed E-state index contributed by atoms with van der Waals surface area (Å²) in [5.41, 5.74) is 0. The van der Waals surface area contributed by atoms with Crippen LogP contribution in [0.3, 0.4) is 0 Å². The Morgan fingerprint density at radius 3 is 2.12 bits per heavy atom. The van der Waals surface area contributed by atoms with Crippen molar-refractivity contribution in [2.75, 3.05) is 13.2 Å². The molecule has 0 saturated heterocycles. The Morgan fingerprint density at radius 2 is 1.62 bits per heavy atom. The van der Waals surface area contributed by atoms with Crippen molar-refractivity contribution < 1.29 is 9.47 Å². The number of ether oxygens (including phenoxy) is 2. The van der Waals surface area contributed by atoms with Crippen molar-refractivity contribution in [2.45, 2.75) is 46.0 Å². The maximum atomic E-state index is 5.79. The van der Waals surface area contributed by atoms with Crippen LogP contribution in [0.25, 0.3) is 0 Å². The van der Waals surface area contributed by atoms with Gasteiger partial charge in [-0.3, -0.25) is 0 Å². The quantitative estimate of drug-likeness (QED) is 0.790. The van der Waals surface area contributed by atoms with Gasteiger partial charge in [-0.1, -0.05) is 27.7 Å². The summed E-state index contributed by atoms with van der Waals surface area (Å²) < 4.78 is 11.6. The molecule has 0 aromatic carbocycles. The minimum Gasteiger partial charge on any atom is -0.485 e. The van der Waals surface area contributed by atoms with E-state index in [4.69, 9.17) is 9.47 Å². The van der Waals surface area contributed by atoms with Crippen molar-refractivity contribution in [1.29, 1.82) is 0 Å². The average molecular weight is 240 g/mol. The van der Waals surface area contributed by atoms with Crippen LogP contribution in [0.4, 0.5) is 0 Å². The second-order valence-electron chi connectivity index (χ2n) is 4.65. The SMILES string of the molecule is CCC(C)c1sc(C(C)C)c2c1OCCO2. The molecule has 0 aliphatic carbocycles. The van der Waals surface area contributed by atoms with Gasteiger partial charge < -0.3 is 9.47 Å². The minimum absolute atomic E-state index is 0.512. The zero-order valence-electron chi connectivity index (χ0n) is 10.5. The fraction of sp³-hybridized carbons (Fsp3) is 0.692. The van der Waals surface area contributed by atoms with Crippen molar-refractivity contribution >= 4 is 11.3 Å². The van der Waals surface area contributed by atoms with E-state index in [1.807, 2.05) is 11.3 Å². The molecule has 0 bridgehead atoms. The molecule has 16 heavy (non-hydrogen) atoms. The minimum atomic E-state index is 0.512. The van der Waals surface area contributed by atoms with E-state index in [0.29, 0.717) is 25.0 Å². The monoisotopic (exact) mass is 240 g/mol. The molecule has 0 radical (unpaired) electrons. The van der Waals surface area contributed by atoms with Crippen LogP contribution in [0, 0.1) is 0 Å². The van der Waals surface area contributed by atoms with E-state index in [2.05, 4.69) is 27.7 Å². The van der Waals surface area contributed by atoms with Crippen molar-refractivity contribution in [1.82, 2.24) is 0 Å². The number of hydrogen-bond acceptors (Lipinski definition) is 3. The molecule has 1 aromatic heterocycles. The van der Waals surface area contributed by atoms with Crippen LogP contribution in [0.5, 0.6) is 11.5 Å². The van der Waals surface area contributed by atoms with E-state index in [9.17, 15) is 0 Å². The lowest BCUT2D eigenvalue weighted by Gasteiger charge is -2.19. The third-order valence-corrected chi connectivity index (χ3v) is 4.72. The molecule has 2 heterocycles. The number of fused-ring (bicyclic) bond motifs is 1. The fourth-order valence-electron chi connectivity index (χ4n) is 1.89. The Bertz CT molecular complexity index is 368. The maximum absolute atomic E-state index is 5.79. The normalized spacial score (nSPS) is 16.6. The molecule has 0 saturated carbocycles. The predicted molar refractivity (Wildman–Crippen MR) is 68.1 cm³/mol. The van der Waals surface area contributed by atoms with Crippen LogP contribution in [-0.2, 0) is 0 Å². The first-order chi connectivity index (χ1) is 7.65. The lowest BCUT2D eigenvalue weighted by molar-refractivity contribution is 0.170. The number of hydrogen-bond donors (Lipinski definition) is 0. The van der Waals surface area contributed by atoms with Gasteiger partial charge in [-0.15, -0.1) is 11.3 Å². The third-order valence-electron chi connectivity index (χ3n) is 3.03. The summed E-state index contributed by atoms with van der Waals surface area (Å²) in [5.74, 6) is 3.11. The molecule has 0 N–H and O–H groups in total. The standard InChI is InChI=1S/C13H20O2S/c1-5-9(4)13-11-10(14-6-7-15-11)12(16-13)8(2)3/h8-9H,5-7H2,1-4H3. The molecular weight excluding hydrogens is 220 g/mol. The summed E-state index contributed by atoms with van der Waals surface area (Å²) >= 11 is 1.87. The maximum Gasteiger partial charge on any atom is 0.175 e. The molecule has 1 aliphatic rings. The summed E-state index contributed by atoms with van der Waals surface area (Å²) in [6.07, 6.45) is 1.15. The molecule has 0 fully saturated rings. The van der Waals surface area contributed by atoms with Gasteiger partial charge in [0, 0.05) is 0 Å². The van der Waals surface area contributed by atoms with Gasteiger partial charge in [0.25, 0.3) is 0 Å². The van der Waals surface area contributed by atoms with E-state index in [0.717, 1.165) is 17.9 Å². The molecule has 1 unspecified atom stereocenters. The molecule has 1 aromatic rings. The Labute approximate surface area is 102 Å². The molecule has 0 amide bonds. The van der Waals surface area contributed by atoms with E-state index in [1.165, 1.54) is 9.75 Å². The van der Waals surface area contributed by atoms with Gasteiger partial charge in [0.15, 0.2) is 11.5 Å². The predicted octanol–water partition coefficient (Wildman–Crippen LogP) is 4.16. The van der Waals surface area contributed by atoms with Crippen molar-refractivity contribution in [3.8, 4) is 11.5 Å². The Morgan fingerprint density at radius 1 is 1.06 bits per heavy atom. The highest BCUT2D eigenvalue weighted by atomic mass is 32.1. The molecule has 90 valence electrons. The van der Waals surface area contributed by atoms with Crippen molar-refractivity contribution in [3.05, 3.63) is 9.75 Å². The lowest BCUT2D eigenvalue weighted by atomic mass is 10.1. The Hall–Kier alpha value is -0.700. The second-order valence-corrected chi connectivity index (χ2v) is 5.73. The van der Waals surface area contributed by atoms with Crippen LogP contribution < -0.4 is 9.47 Å². The van der Waals surface area contributed by atoms with Gasteiger partial charge >= 0.3 is 0 Å². The summed E-state index contributed by atoms with van der Waals surface area (Å²) in [6, 6.07) is 0. The van der Waals surface area contributed by atoms with Crippen molar-refractivity contribution in [3.63, 3.8) is 0 Å². The zero-order valence-corrected chi connectivity index (χ0v) is 11.3. The van der Waals surface area contributed by atoms with Crippen LogP contribution in [0.15, 0.2) is 0 Å². The average Bonchev–Trinajstić information content (AvgIpc) is 2.67. The van der Waals surface area contributed by atoms with Gasteiger partial charge in [0.1, 0.15) is 13.2 Å². The van der Waals surface area contributed by atoms with Crippen molar-refractivity contribution in [2.24, 2.45) is 0 Å². The van der Waals surface area contributed by atoms with Crippen LogP contribution in [0.1, 0.15) is 55.7 Å². The van der Waals surface area contributed by atoms with Crippen LogP contribution >= 0.6 is 11.3 Å². The van der Waals surface area contributed by atoms with Gasteiger partial charge in [0.2, 0.25) is 0 Å². The first kappa shape index (κ1) is 11.8. The summed E-state index contributed by atoms with van der Waals surface area (Å²) in [6.45, 7) is 10.3. The van der Waals surface area contributed by atoms with Crippen LogP contribution in [-0.4, -0.2) is 13.2 Å². The van der Waals surface area contributed by atoms with E-state index in [1.54, 1.807) is 0 Å². The Kier molecular flexibility index (Phi) is 3.43. The first-order valence-corrected chi connectivity index (χ1v) is 6.89.